The Kier molecular flexibility index (Phi) is 4.58. The average Bonchev–Trinajstić information content (AvgIpc) is 2.53. The monoisotopic (exact) mass is 319 g/mol. The van der Waals surface area contributed by atoms with Gasteiger partial charge in [-0.3, -0.25) is 0 Å². The van der Waals surface area contributed by atoms with Crippen molar-refractivity contribution in [2.24, 2.45) is 0 Å². The summed E-state index contributed by atoms with van der Waals surface area (Å²) in [5, 5.41) is 0. The van der Waals surface area contributed by atoms with Crippen molar-refractivity contribution < 1.29 is 0 Å². The van der Waals surface area contributed by atoms with Crippen molar-refractivity contribution in [3.63, 3.8) is 0 Å². The zero-order chi connectivity index (χ0) is 16.4. The van der Waals surface area contributed by atoms with Crippen molar-refractivity contribution in [3.05, 3.63) is 89.0 Å². The summed E-state index contributed by atoms with van der Waals surface area (Å²) >= 11 is 0. The molecule has 0 spiro atoms. The predicted molar refractivity (Wildman–Crippen MR) is 100 cm³/mol. The number of benzene rings is 3. The Morgan fingerprint density at radius 2 is 1.09 bits per heavy atom. The SMILES string of the molecule is Cc1ccc([S+](c2ccccc2)c2c(C)cc(C)cc2C)cc1. The maximum absolute atomic E-state index is 2.31. The average molecular weight is 319 g/mol. The van der Waals surface area contributed by atoms with Crippen LogP contribution in [0.1, 0.15) is 22.3 Å². The van der Waals surface area contributed by atoms with E-state index in [1.807, 2.05) is 0 Å². The molecule has 0 aliphatic rings. The molecule has 0 aliphatic carbocycles. The van der Waals surface area contributed by atoms with Gasteiger partial charge < -0.3 is 0 Å². The fraction of sp³-hybridized carbons (Fsp3) is 0.182. The first-order valence-corrected chi connectivity index (χ1v) is 9.22. The number of rotatable bonds is 3. The van der Waals surface area contributed by atoms with Crippen LogP contribution in [0.3, 0.4) is 0 Å². The number of hydrogen-bond acceptors (Lipinski definition) is 0. The molecule has 1 atom stereocenters. The van der Waals surface area contributed by atoms with Crippen LogP contribution in [0.25, 0.3) is 0 Å². The molecule has 3 rings (SSSR count). The zero-order valence-electron chi connectivity index (χ0n) is 14.3. The summed E-state index contributed by atoms with van der Waals surface area (Å²) in [6.07, 6.45) is 0. The van der Waals surface area contributed by atoms with Crippen LogP contribution in [0, 0.1) is 27.7 Å². The molecule has 1 heteroatoms. The van der Waals surface area contributed by atoms with Gasteiger partial charge in [-0.05, 0) is 52.0 Å². The summed E-state index contributed by atoms with van der Waals surface area (Å²) in [6.45, 7) is 8.81. The molecule has 0 amide bonds. The molecule has 0 nitrogen and oxygen atoms in total. The van der Waals surface area contributed by atoms with Gasteiger partial charge in [0, 0.05) is 11.1 Å². The molecule has 0 radical (unpaired) electrons. The minimum Gasteiger partial charge on any atom is -0.0619 e. The highest BCUT2D eigenvalue weighted by molar-refractivity contribution is 7.97. The third kappa shape index (κ3) is 3.35. The lowest BCUT2D eigenvalue weighted by atomic mass is 10.1. The molecule has 3 aromatic rings. The van der Waals surface area contributed by atoms with Gasteiger partial charge in [0.2, 0.25) is 0 Å². The van der Waals surface area contributed by atoms with E-state index in [1.165, 1.54) is 36.9 Å². The minimum absolute atomic E-state index is 0.0543. The highest BCUT2D eigenvalue weighted by Gasteiger charge is 2.31. The fourth-order valence-corrected chi connectivity index (χ4v) is 5.43. The van der Waals surface area contributed by atoms with Crippen LogP contribution in [-0.2, 0) is 10.9 Å². The minimum atomic E-state index is -0.0543. The van der Waals surface area contributed by atoms with Gasteiger partial charge in [-0.25, -0.2) is 0 Å². The summed E-state index contributed by atoms with van der Waals surface area (Å²) in [7, 11) is -0.0543. The second kappa shape index (κ2) is 6.64. The van der Waals surface area contributed by atoms with Gasteiger partial charge in [-0.2, -0.15) is 0 Å². The van der Waals surface area contributed by atoms with Crippen LogP contribution in [0.2, 0.25) is 0 Å². The van der Waals surface area contributed by atoms with Gasteiger partial charge in [0.15, 0.2) is 14.7 Å². The predicted octanol–water partition coefficient (Wildman–Crippen LogP) is 6.02. The van der Waals surface area contributed by atoms with Crippen molar-refractivity contribution in [2.45, 2.75) is 42.4 Å². The van der Waals surface area contributed by atoms with E-state index in [0.29, 0.717) is 0 Å². The summed E-state index contributed by atoms with van der Waals surface area (Å²) in [6, 6.07) is 24.5. The Morgan fingerprint density at radius 1 is 0.565 bits per heavy atom. The maximum atomic E-state index is 2.31. The fourth-order valence-electron chi connectivity index (χ4n) is 3.09. The zero-order valence-corrected chi connectivity index (χ0v) is 15.1. The smallest absolute Gasteiger partial charge is 0.0619 e. The third-order valence-electron chi connectivity index (χ3n) is 4.04. The van der Waals surface area contributed by atoms with Gasteiger partial charge in [-0.1, -0.05) is 53.6 Å². The number of hydrogen-bond donors (Lipinski definition) is 0. The normalized spacial score (nSPS) is 12.2. The molecule has 0 aromatic heterocycles. The van der Waals surface area contributed by atoms with E-state index in [0.717, 1.165) is 0 Å². The van der Waals surface area contributed by atoms with Gasteiger partial charge in [-0.15, -0.1) is 0 Å². The van der Waals surface area contributed by atoms with Crippen LogP contribution in [0.15, 0.2) is 81.4 Å². The quantitative estimate of drug-likeness (QED) is 0.518. The second-order valence-electron chi connectivity index (χ2n) is 6.16. The first kappa shape index (κ1) is 15.9. The molecule has 0 saturated heterocycles. The lowest BCUT2D eigenvalue weighted by Gasteiger charge is -2.13. The molecular formula is C22H23S+. The Labute approximate surface area is 142 Å². The van der Waals surface area contributed by atoms with E-state index in [-0.39, 0.29) is 10.9 Å². The summed E-state index contributed by atoms with van der Waals surface area (Å²) in [5.41, 5.74) is 5.41. The molecule has 116 valence electrons. The topological polar surface area (TPSA) is 0 Å². The Hall–Kier alpha value is -1.99. The molecule has 0 bridgehead atoms. The van der Waals surface area contributed by atoms with Crippen molar-refractivity contribution in [1.82, 2.24) is 0 Å². The molecule has 3 aromatic carbocycles. The lowest BCUT2D eigenvalue weighted by molar-refractivity contribution is 1.16. The third-order valence-corrected chi connectivity index (χ3v) is 6.58. The Bertz CT molecular complexity index is 778. The van der Waals surface area contributed by atoms with E-state index >= 15 is 0 Å². The lowest BCUT2D eigenvalue weighted by Crippen LogP contribution is -2.09. The van der Waals surface area contributed by atoms with E-state index in [2.05, 4.69) is 94.4 Å². The van der Waals surface area contributed by atoms with Gasteiger partial charge >= 0.3 is 0 Å². The van der Waals surface area contributed by atoms with Gasteiger partial charge in [0.1, 0.15) is 0 Å². The maximum Gasteiger partial charge on any atom is 0.172 e. The summed E-state index contributed by atoms with van der Waals surface area (Å²) in [4.78, 5) is 4.23. The van der Waals surface area contributed by atoms with Crippen LogP contribution < -0.4 is 0 Å². The van der Waals surface area contributed by atoms with Gasteiger partial charge in [0.25, 0.3) is 0 Å². The van der Waals surface area contributed by atoms with Crippen molar-refractivity contribution in [1.29, 1.82) is 0 Å². The standard InChI is InChI=1S/C22H23S/c1-16-10-12-21(13-11-16)23(20-8-6-5-7-9-20)22-18(3)14-17(2)15-19(22)4/h5-15H,1-4H3/q+1. The first-order valence-electron chi connectivity index (χ1n) is 8.00. The van der Waals surface area contributed by atoms with Gasteiger partial charge in [0.05, 0.1) is 10.9 Å². The molecule has 0 heterocycles. The molecule has 1 unspecified atom stereocenters. The van der Waals surface area contributed by atoms with Crippen LogP contribution >= 0.6 is 0 Å². The molecule has 0 N–H and O–H groups in total. The van der Waals surface area contributed by atoms with E-state index < -0.39 is 0 Å². The summed E-state index contributed by atoms with van der Waals surface area (Å²) < 4.78 is 0. The van der Waals surface area contributed by atoms with Crippen molar-refractivity contribution in [3.8, 4) is 0 Å². The number of aryl methyl sites for hydroxylation is 4. The molecular weight excluding hydrogens is 296 g/mol. The van der Waals surface area contributed by atoms with E-state index in [1.54, 1.807) is 0 Å². The molecule has 23 heavy (non-hydrogen) atoms. The van der Waals surface area contributed by atoms with Crippen molar-refractivity contribution >= 4 is 10.9 Å². The highest BCUT2D eigenvalue weighted by Crippen LogP contribution is 2.35. The Morgan fingerprint density at radius 3 is 1.65 bits per heavy atom. The van der Waals surface area contributed by atoms with E-state index in [9.17, 15) is 0 Å². The van der Waals surface area contributed by atoms with Crippen LogP contribution in [-0.4, -0.2) is 0 Å². The molecule has 0 aliphatic heterocycles. The van der Waals surface area contributed by atoms with Crippen LogP contribution in [0.4, 0.5) is 0 Å². The first-order chi connectivity index (χ1) is 11.1. The second-order valence-corrected chi connectivity index (χ2v) is 8.12. The Balaban J connectivity index is 2.23. The van der Waals surface area contributed by atoms with Crippen LogP contribution in [0.5, 0.6) is 0 Å². The van der Waals surface area contributed by atoms with E-state index in [4.69, 9.17) is 0 Å². The largest absolute Gasteiger partial charge is 0.172 e. The molecule has 0 saturated carbocycles. The summed E-state index contributed by atoms with van der Waals surface area (Å²) in [5.74, 6) is 0. The van der Waals surface area contributed by atoms with Crippen molar-refractivity contribution in [2.75, 3.05) is 0 Å². The molecule has 0 fully saturated rings. The highest BCUT2D eigenvalue weighted by atomic mass is 32.2.